The average Bonchev–Trinajstić information content (AvgIpc) is 2.69. The summed E-state index contributed by atoms with van der Waals surface area (Å²) in [5, 5.41) is 10.3. The minimum absolute atomic E-state index is 0.303. The molecule has 0 radical (unpaired) electrons. The number of fused-ring (bicyclic) bond motifs is 1. The minimum atomic E-state index is -3.67. The summed E-state index contributed by atoms with van der Waals surface area (Å²) in [5.74, 6) is -0.997. The molecule has 1 aromatic heterocycles. The Kier molecular flexibility index (Phi) is 5.73. The molecule has 7 nitrogen and oxygen atoms in total. The second kappa shape index (κ2) is 6.90. The van der Waals surface area contributed by atoms with E-state index in [0.29, 0.717) is 17.7 Å². The largest absolute Gasteiger partial charge is 0.480 e. The van der Waals surface area contributed by atoms with Crippen molar-refractivity contribution in [1.29, 1.82) is 0 Å². The van der Waals surface area contributed by atoms with Gasteiger partial charge in [0.15, 0.2) is 0 Å². The van der Waals surface area contributed by atoms with Crippen LogP contribution >= 0.6 is 11.6 Å². The number of halogens is 1. The first-order valence-electron chi connectivity index (χ1n) is 5.74. The molecule has 0 saturated carbocycles. The lowest BCUT2D eigenvalue weighted by atomic mass is 10.1. The van der Waals surface area contributed by atoms with Gasteiger partial charge < -0.3 is 15.8 Å². The molecular formula is C12H15ClN2O5S. The van der Waals surface area contributed by atoms with E-state index in [-0.39, 0.29) is 0 Å². The van der Waals surface area contributed by atoms with Crippen LogP contribution in [0.2, 0.25) is 5.02 Å². The fourth-order valence-electron chi connectivity index (χ4n) is 1.65. The van der Waals surface area contributed by atoms with Crippen molar-refractivity contribution < 1.29 is 22.9 Å². The first-order valence-corrected chi connectivity index (χ1v) is 7.97. The summed E-state index contributed by atoms with van der Waals surface area (Å²) in [4.78, 5) is 13.7. The Morgan fingerprint density at radius 3 is 2.57 bits per heavy atom. The number of carboxylic acids is 1. The predicted octanol–water partition coefficient (Wildman–Crippen LogP) is 1.28. The molecule has 0 aliphatic rings. The fraction of sp³-hybridized carbons (Fsp3) is 0.250. The number of benzene rings is 1. The van der Waals surface area contributed by atoms with E-state index in [1.54, 1.807) is 18.3 Å². The molecule has 9 heteroatoms. The molecule has 2 aromatic rings. The molecule has 0 aliphatic carbocycles. The normalized spacial score (nSPS) is 12.6. The van der Waals surface area contributed by atoms with Gasteiger partial charge in [-0.2, -0.15) is 8.42 Å². The summed E-state index contributed by atoms with van der Waals surface area (Å²) in [7, 11) is -3.67. The molecule has 1 unspecified atom stereocenters. The average molecular weight is 335 g/mol. The number of hydrogen-bond acceptors (Lipinski definition) is 4. The molecule has 5 N–H and O–H groups in total. The van der Waals surface area contributed by atoms with Crippen LogP contribution in [0.5, 0.6) is 0 Å². The van der Waals surface area contributed by atoms with E-state index in [0.717, 1.165) is 16.5 Å². The molecule has 0 amide bonds. The monoisotopic (exact) mass is 334 g/mol. The number of nitrogens with one attached hydrogen (secondary N) is 1. The maximum absolute atomic E-state index is 10.7. The van der Waals surface area contributed by atoms with E-state index < -0.39 is 22.1 Å². The smallest absolute Gasteiger partial charge is 0.320 e. The Morgan fingerprint density at radius 1 is 1.48 bits per heavy atom. The minimum Gasteiger partial charge on any atom is -0.480 e. The third kappa shape index (κ3) is 6.13. The van der Waals surface area contributed by atoms with Crippen molar-refractivity contribution >= 4 is 38.6 Å². The number of nitrogens with two attached hydrogens (primary N) is 1. The lowest BCUT2D eigenvalue weighted by molar-refractivity contribution is -0.138. The number of carbonyl (C=O) groups is 1. The lowest BCUT2D eigenvalue weighted by Crippen LogP contribution is -2.32. The van der Waals surface area contributed by atoms with Crippen LogP contribution in [-0.2, 0) is 21.3 Å². The zero-order valence-corrected chi connectivity index (χ0v) is 12.6. The Hall–Kier alpha value is -1.61. The molecule has 1 heterocycles. The maximum atomic E-state index is 10.7. The van der Waals surface area contributed by atoms with Gasteiger partial charge in [0, 0.05) is 28.5 Å². The standard InChI is InChI=1S/C11H11ClN2O2.CH4O3S/c12-7-1-2-8-6(3-9(13)11(15)16)5-14-10(8)4-7;1-5(2,3)4/h1-2,4-5,9,14H,3,13H2,(H,15,16);1H3,(H,2,3,4). The summed E-state index contributed by atoms with van der Waals surface area (Å²) in [5.41, 5.74) is 7.27. The summed E-state index contributed by atoms with van der Waals surface area (Å²) in [6.07, 6.45) is 2.79. The summed E-state index contributed by atoms with van der Waals surface area (Å²) in [6.45, 7) is 0. The summed E-state index contributed by atoms with van der Waals surface area (Å²) in [6, 6.07) is 4.55. The Bertz CT molecular complexity index is 733. The molecule has 21 heavy (non-hydrogen) atoms. The first kappa shape index (κ1) is 17.4. The van der Waals surface area contributed by atoms with Crippen molar-refractivity contribution in [1.82, 2.24) is 4.98 Å². The number of hydrogen-bond donors (Lipinski definition) is 4. The molecule has 1 aromatic carbocycles. The molecule has 0 spiro atoms. The zero-order chi connectivity index (χ0) is 16.2. The van der Waals surface area contributed by atoms with Crippen LogP contribution < -0.4 is 5.73 Å². The third-order valence-corrected chi connectivity index (χ3v) is 2.72. The van der Waals surface area contributed by atoms with E-state index in [4.69, 9.17) is 27.0 Å². The van der Waals surface area contributed by atoms with E-state index in [1.165, 1.54) is 0 Å². The number of aromatic amines is 1. The van der Waals surface area contributed by atoms with Crippen LogP contribution in [0, 0.1) is 0 Å². The zero-order valence-electron chi connectivity index (χ0n) is 11.1. The van der Waals surface area contributed by atoms with Gasteiger partial charge in [0.05, 0.1) is 6.26 Å². The van der Waals surface area contributed by atoms with Gasteiger partial charge in [-0.05, 0) is 17.7 Å². The molecule has 2 rings (SSSR count). The molecular weight excluding hydrogens is 320 g/mol. The summed E-state index contributed by atoms with van der Waals surface area (Å²) < 4.78 is 25.9. The van der Waals surface area contributed by atoms with Crippen molar-refractivity contribution in [2.75, 3.05) is 6.26 Å². The molecule has 1 atom stereocenters. The van der Waals surface area contributed by atoms with Crippen LogP contribution in [-0.4, -0.2) is 41.3 Å². The van der Waals surface area contributed by atoms with Gasteiger partial charge in [-0.3, -0.25) is 9.35 Å². The van der Waals surface area contributed by atoms with Crippen molar-refractivity contribution in [3.05, 3.63) is 35.0 Å². The highest BCUT2D eigenvalue weighted by Crippen LogP contribution is 2.22. The van der Waals surface area contributed by atoms with Gasteiger partial charge in [0.1, 0.15) is 6.04 Å². The molecule has 0 saturated heterocycles. The second-order valence-corrected chi connectivity index (χ2v) is 6.29. The molecule has 116 valence electrons. The van der Waals surface area contributed by atoms with Gasteiger partial charge in [-0.25, -0.2) is 0 Å². The highest BCUT2D eigenvalue weighted by molar-refractivity contribution is 7.85. The van der Waals surface area contributed by atoms with E-state index in [1.807, 2.05) is 6.07 Å². The SMILES string of the molecule is CS(=O)(=O)O.NC(Cc1c[nH]c2cc(Cl)ccc12)C(=O)O. The third-order valence-electron chi connectivity index (χ3n) is 2.49. The van der Waals surface area contributed by atoms with Crippen molar-refractivity contribution in [3.8, 4) is 0 Å². The number of aromatic nitrogens is 1. The first-order chi connectivity index (χ1) is 9.58. The number of rotatable bonds is 3. The van der Waals surface area contributed by atoms with Crippen LogP contribution in [0.15, 0.2) is 24.4 Å². The van der Waals surface area contributed by atoms with Crippen LogP contribution in [0.1, 0.15) is 5.56 Å². The quantitative estimate of drug-likeness (QED) is 0.625. The van der Waals surface area contributed by atoms with Crippen molar-refractivity contribution in [2.24, 2.45) is 5.73 Å². The van der Waals surface area contributed by atoms with Crippen LogP contribution in [0.4, 0.5) is 0 Å². The van der Waals surface area contributed by atoms with Crippen LogP contribution in [0.25, 0.3) is 10.9 Å². The van der Waals surface area contributed by atoms with Crippen molar-refractivity contribution in [2.45, 2.75) is 12.5 Å². The maximum Gasteiger partial charge on any atom is 0.320 e. The molecule has 0 bridgehead atoms. The number of H-pyrrole nitrogens is 1. The Morgan fingerprint density at radius 2 is 2.05 bits per heavy atom. The van der Waals surface area contributed by atoms with Gasteiger partial charge in [-0.1, -0.05) is 17.7 Å². The van der Waals surface area contributed by atoms with Crippen LogP contribution in [0.3, 0.4) is 0 Å². The predicted molar refractivity (Wildman–Crippen MR) is 80.1 cm³/mol. The van der Waals surface area contributed by atoms with Gasteiger partial charge in [0.25, 0.3) is 10.1 Å². The highest BCUT2D eigenvalue weighted by atomic mass is 35.5. The summed E-state index contributed by atoms with van der Waals surface area (Å²) >= 11 is 5.85. The molecule has 0 aliphatic heterocycles. The van der Waals surface area contributed by atoms with Crippen molar-refractivity contribution in [3.63, 3.8) is 0 Å². The lowest BCUT2D eigenvalue weighted by Gasteiger charge is -2.04. The molecule has 0 fully saturated rings. The van der Waals surface area contributed by atoms with Gasteiger partial charge in [-0.15, -0.1) is 0 Å². The highest BCUT2D eigenvalue weighted by Gasteiger charge is 2.14. The van der Waals surface area contributed by atoms with E-state index >= 15 is 0 Å². The van der Waals surface area contributed by atoms with Gasteiger partial charge in [0.2, 0.25) is 0 Å². The number of carboxylic acid groups (broad SMARTS) is 1. The Balaban J connectivity index is 0.000000383. The second-order valence-electron chi connectivity index (χ2n) is 4.39. The number of aliphatic carboxylic acids is 1. The van der Waals surface area contributed by atoms with E-state index in [2.05, 4.69) is 4.98 Å². The topological polar surface area (TPSA) is 133 Å². The van der Waals surface area contributed by atoms with E-state index in [9.17, 15) is 13.2 Å². The fourth-order valence-corrected chi connectivity index (χ4v) is 1.82. The van der Waals surface area contributed by atoms with Gasteiger partial charge >= 0.3 is 5.97 Å². The Labute approximate surface area is 126 Å².